The van der Waals surface area contributed by atoms with Gasteiger partial charge in [0.25, 0.3) is 0 Å². The number of rotatable bonds is 12. The zero-order valence-corrected chi connectivity index (χ0v) is 22.3. The molecule has 2 heterocycles. The molecule has 2 aromatic heterocycles. The molecule has 5 rings (SSSR count). The molecule has 4 aromatic rings. The zero-order valence-electron chi connectivity index (χ0n) is 22.3. The number of carbonyl (C=O) groups excluding carboxylic acids is 2. The van der Waals surface area contributed by atoms with E-state index >= 15 is 0 Å². The topological polar surface area (TPSA) is 117 Å². The third-order valence-corrected chi connectivity index (χ3v) is 6.82. The summed E-state index contributed by atoms with van der Waals surface area (Å²) < 4.78 is 9.43. The third kappa shape index (κ3) is 6.09. The van der Waals surface area contributed by atoms with Crippen molar-refractivity contribution in [1.82, 2.24) is 24.6 Å². The van der Waals surface area contributed by atoms with Gasteiger partial charge < -0.3 is 15.8 Å². The quantitative estimate of drug-likeness (QED) is 0.279. The molecule has 202 valence electrons. The Morgan fingerprint density at radius 3 is 2.64 bits per heavy atom. The first kappa shape index (κ1) is 26.4. The summed E-state index contributed by atoms with van der Waals surface area (Å²) in [4.78, 5) is 29.9. The number of benzene rings is 2. The third-order valence-electron chi connectivity index (χ3n) is 6.82. The summed E-state index contributed by atoms with van der Waals surface area (Å²) in [6.45, 7) is 4.44. The summed E-state index contributed by atoms with van der Waals surface area (Å²) in [7, 11) is 0. The van der Waals surface area contributed by atoms with Crippen molar-refractivity contribution < 1.29 is 14.3 Å². The molecule has 1 saturated carbocycles. The van der Waals surface area contributed by atoms with E-state index in [0.717, 1.165) is 35.3 Å². The molecule has 9 nitrogen and oxygen atoms in total. The molecule has 1 fully saturated rings. The van der Waals surface area contributed by atoms with E-state index in [1.807, 2.05) is 73.3 Å². The van der Waals surface area contributed by atoms with Crippen molar-refractivity contribution in [1.29, 1.82) is 0 Å². The number of hydrogen-bond acceptors (Lipinski definition) is 5. The van der Waals surface area contributed by atoms with Crippen LogP contribution >= 0.6 is 0 Å². The van der Waals surface area contributed by atoms with Crippen LogP contribution in [0.1, 0.15) is 61.8 Å². The van der Waals surface area contributed by atoms with E-state index in [1.165, 1.54) is 0 Å². The average molecular weight is 527 g/mol. The predicted octanol–water partition coefficient (Wildman–Crippen LogP) is 4.66. The first-order valence-corrected chi connectivity index (χ1v) is 13.5. The van der Waals surface area contributed by atoms with Gasteiger partial charge in [0.15, 0.2) is 0 Å². The van der Waals surface area contributed by atoms with Crippen LogP contribution in [0.2, 0.25) is 0 Å². The molecule has 39 heavy (non-hydrogen) atoms. The summed E-state index contributed by atoms with van der Waals surface area (Å²) in [6, 6.07) is 15.7. The fraction of sp³-hybridized carbons (Fsp3) is 0.333. The predicted molar refractivity (Wildman–Crippen MR) is 149 cm³/mol. The van der Waals surface area contributed by atoms with E-state index in [2.05, 4.69) is 10.4 Å². The fourth-order valence-corrected chi connectivity index (χ4v) is 4.70. The molecule has 2 aromatic carbocycles. The number of imidazole rings is 1. The highest BCUT2D eigenvalue weighted by atomic mass is 16.5. The maximum Gasteiger partial charge on any atom is 0.249 e. The number of nitrogens with zero attached hydrogens (tertiary/aromatic N) is 4. The zero-order chi connectivity index (χ0) is 27.4. The van der Waals surface area contributed by atoms with E-state index in [1.54, 1.807) is 16.9 Å². The van der Waals surface area contributed by atoms with Gasteiger partial charge in [-0.3, -0.25) is 14.2 Å². The van der Waals surface area contributed by atoms with Crippen molar-refractivity contribution in [2.75, 3.05) is 6.61 Å². The number of nitrogens with two attached hydrogens (primary N) is 1. The van der Waals surface area contributed by atoms with Crippen LogP contribution in [0.25, 0.3) is 28.2 Å². The number of ether oxygens (including phenoxy) is 1. The monoisotopic (exact) mass is 526 g/mol. The molecule has 1 atom stereocenters. The molecule has 0 aliphatic heterocycles. The summed E-state index contributed by atoms with van der Waals surface area (Å²) in [5.74, 6) is 0.149. The molecular formula is C30H34N6O3. The molecule has 2 amide bonds. The minimum atomic E-state index is -0.539. The molecule has 0 spiro atoms. The van der Waals surface area contributed by atoms with Crippen molar-refractivity contribution >= 4 is 11.8 Å². The van der Waals surface area contributed by atoms with E-state index in [4.69, 9.17) is 15.5 Å². The highest BCUT2D eigenvalue weighted by Crippen LogP contribution is 2.36. The lowest BCUT2D eigenvalue weighted by atomic mass is 9.96. The SMILES string of the molecule is CCOC(C)n1cc(-c2cccc(C(N)=O)c2-c2nc(CCCC(=O)NC3CC3)cn2-c2ccccc2)cn1. The smallest absolute Gasteiger partial charge is 0.249 e. The maximum atomic E-state index is 12.7. The Kier molecular flexibility index (Phi) is 7.88. The second-order valence-electron chi connectivity index (χ2n) is 9.81. The summed E-state index contributed by atoms with van der Waals surface area (Å²) in [5, 5.41) is 7.54. The molecule has 1 aliphatic rings. The highest BCUT2D eigenvalue weighted by Gasteiger charge is 2.24. The molecular weight excluding hydrogens is 492 g/mol. The van der Waals surface area contributed by atoms with E-state index < -0.39 is 5.91 Å². The fourth-order valence-electron chi connectivity index (χ4n) is 4.70. The first-order valence-electron chi connectivity index (χ1n) is 13.5. The van der Waals surface area contributed by atoms with E-state index in [9.17, 15) is 9.59 Å². The van der Waals surface area contributed by atoms with Gasteiger partial charge in [-0.1, -0.05) is 30.3 Å². The number of nitrogens with one attached hydrogen (secondary N) is 1. The number of hydrogen-bond donors (Lipinski definition) is 2. The van der Waals surface area contributed by atoms with Gasteiger partial charge in [-0.25, -0.2) is 9.67 Å². The van der Waals surface area contributed by atoms with Crippen molar-refractivity contribution in [2.45, 2.75) is 58.2 Å². The van der Waals surface area contributed by atoms with Crippen LogP contribution < -0.4 is 11.1 Å². The molecule has 0 saturated heterocycles. The Balaban J connectivity index is 1.55. The lowest BCUT2D eigenvalue weighted by molar-refractivity contribution is -0.121. The number of amides is 2. The van der Waals surface area contributed by atoms with Crippen LogP contribution in [0.5, 0.6) is 0 Å². The molecule has 0 bridgehead atoms. The van der Waals surface area contributed by atoms with E-state index in [-0.39, 0.29) is 12.1 Å². The minimum absolute atomic E-state index is 0.0832. The number of primary amides is 1. The molecule has 1 unspecified atom stereocenters. The molecule has 3 N–H and O–H groups in total. The Labute approximate surface area is 228 Å². The maximum absolute atomic E-state index is 12.7. The Hall–Kier alpha value is -4.24. The number of carbonyl (C=O) groups is 2. The van der Waals surface area contributed by atoms with Gasteiger partial charge in [-0.15, -0.1) is 0 Å². The average Bonchev–Trinajstić information content (AvgIpc) is 3.43. The Morgan fingerprint density at radius 1 is 1.13 bits per heavy atom. The van der Waals surface area contributed by atoms with Crippen LogP contribution in [-0.4, -0.2) is 43.8 Å². The van der Waals surface area contributed by atoms with Crippen LogP contribution in [-0.2, 0) is 16.0 Å². The standard InChI is InChI=1S/C30H34N6O3/c1-3-39-20(2)36-18-21(17-32-36)25-12-8-13-26(29(31)38)28(25)30-34-23(9-7-14-27(37)33-22-15-16-22)19-35(30)24-10-5-4-6-11-24/h4-6,8,10-13,17-20,22H,3,7,9,14-16H2,1-2H3,(H2,31,38)(H,33,37). The number of para-hydroxylation sites is 1. The van der Waals surface area contributed by atoms with Gasteiger partial charge in [0, 0.05) is 48.3 Å². The lowest BCUT2D eigenvalue weighted by Gasteiger charge is -2.15. The van der Waals surface area contributed by atoms with Crippen molar-refractivity contribution in [3.05, 3.63) is 78.4 Å². The van der Waals surface area contributed by atoms with Gasteiger partial charge in [0.2, 0.25) is 11.8 Å². The van der Waals surface area contributed by atoms with Crippen LogP contribution in [0.3, 0.4) is 0 Å². The first-order chi connectivity index (χ1) is 18.9. The second kappa shape index (κ2) is 11.7. The van der Waals surface area contributed by atoms with Crippen LogP contribution in [0, 0.1) is 0 Å². The molecule has 1 aliphatic carbocycles. The highest BCUT2D eigenvalue weighted by molar-refractivity contribution is 6.03. The lowest BCUT2D eigenvalue weighted by Crippen LogP contribution is -2.25. The van der Waals surface area contributed by atoms with Gasteiger partial charge in [0.1, 0.15) is 12.1 Å². The Bertz CT molecular complexity index is 1450. The van der Waals surface area contributed by atoms with Crippen molar-refractivity contribution in [3.8, 4) is 28.2 Å². The van der Waals surface area contributed by atoms with Crippen LogP contribution in [0.4, 0.5) is 0 Å². The van der Waals surface area contributed by atoms with Gasteiger partial charge >= 0.3 is 0 Å². The largest absolute Gasteiger partial charge is 0.366 e. The Morgan fingerprint density at radius 2 is 1.92 bits per heavy atom. The van der Waals surface area contributed by atoms with Gasteiger partial charge in [0.05, 0.1) is 17.5 Å². The summed E-state index contributed by atoms with van der Waals surface area (Å²) >= 11 is 0. The molecule has 9 heteroatoms. The van der Waals surface area contributed by atoms with E-state index in [0.29, 0.717) is 48.9 Å². The molecule has 0 radical (unpaired) electrons. The number of aromatic nitrogens is 4. The van der Waals surface area contributed by atoms with Crippen molar-refractivity contribution in [3.63, 3.8) is 0 Å². The normalized spacial score (nSPS) is 13.8. The van der Waals surface area contributed by atoms with Gasteiger partial charge in [-0.2, -0.15) is 5.10 Å². The number of aryl methyl sites for hydroxylation is 1. The van der Waals surface area contributed by atoms with Gasteiger partial charge in [-0.05, 0) is 63.3 Å². The second-order valence-corrected chi connectivity index (χ2v) is 9.81. The minimum Gasteiger partial charge on any atom is -0.366 e. The summed E-state index contributed by atoms with van der Waals surface area (Å²) in [6.07, 6.45) is 9.30. The van der Waals surface area contributed by atoms with Crippen LogP contribution in [0.15, 0.2) is 67.1 Å². The van der Waals surface area contributed by atoms with Crippen molar-refractivity contribution in [2.24, 2.45) is 5.73 Å². The summed E-state index contributed by atoms with van der Waals surface area (Å²) in [5.41, 5.74) is 10.2.